The van der Waals surface area contributed by atoms with Crippen molar-refractivity contribution >= 4 is 29.5 Å². The summed E-state index contributed by atoms with van der Waals surface area (Å²) in [5.74, 6) is -1.20. The van der Waals surface area contributed by atoms with Crippen LogP contribution in [-0.4, -0.2) is 17.0 Å². The zero-order chi connectivity index (χ0) is 22.1. The van der Waals surface area contributed by atoms with Gasteiger partial charge < -0.3 is 5.32 Å². The number of carbonyl (C=O) groups is 2. The predicted molar refractivity (Wildman–Crippen MR) is 118 cm³/mol. The van der Waals surface area contributed by atoms with Gasteiger partial charge in [-0.15, -0.1) is 0 Å². The Kier molecular flexibility index (Phi) is 7.45. The van der Waals surface area contributed by atoms with E-state index in [-0.39, 0.29) is 11.7 Å². The number of amides is 2. The number of rotatable bonds is 7. The van der Waals surface area contributed by atoms with Crippen molar-refractivity contribution in [1.29, 1.82) is 0 Å². The van der Waals surface area contributed by atoms with Crippen LogP contribution < -0.4 is 10.8 Å². The first-order valence-electron chi connectivity index (χ1n) is 9.57. The Labute approximate surface area is 179 Å². The molecule has 31 heavy (non-hydrogen) atoms. The van der Waals surface area contributed by atoms with Crippen LogP contribution in [0.4, 0.5) is 4.39 Å². The van der Waals surface area contributed by atoms with Gasteiger partial charge in [-0.05, 0) is 46.5 Å². The number of hydroxylamine groups is 1. The molecule has 0 aliphatic rings. The lowest BCUT2D eigenvalue weighted by Crippen LogP contribution is -2.23. The highest BCUT2D eigenvalue weighted by Gasteiger charge is 2.12. The fourth-order valence-corrected chi connectivity index (χ4v) is 2.86. The summed E-state index contributed by atoms with van der Waals surface area (Å²) in [5.41, 5.74) is 5.14. The van der Waals surface area contributed by atoms with Gasteiger partial charge in [0.25, 0.3) is 11.8 Å². The molecule has 6 heteroatoms. The molecule has 0 unspecified atom stereocenters. The van der Waals surface area contributed by atoms with Gasteiger partial charge in [-0.2, -0.15) is 0 Å². The molecule has 3 aromatic carbocycles. The fraction of sp³-hybridized carbons (Fsp3) is 0.0400. The van der Waals surface area contributed by atoms with Gasteiger partial charge in [-0.25, -0.2) is 9.87 Å². The van der Waals surface area contributed by atoms with E-state index in [4.69, 9.17) is 5.21 Å². The Morgan fingerprint density at radius 2 is 1.52 bits per heavy atom. The van der Waals surface area contributed by atoms with E-state index in [9.17, 15) is 14.0 Å². The summed E-state index contributed by atoms with van der Waals surface area (Å²) >= 11 is 0. The second kappa shape index (κ2) is 10.7. The van der Waals surface area contributed by atoms with E-state index in [1.807, 2.05) is 42.5 Å². The van der Waals surface area contributed by atoms with Gasteiger partial charge in [0.1, 0.15) is 5.82 Å². The molecule has 5 nitrogen and oxygen atoms in total. The molecule has 0 atom stereocenters. The molecule has 3 aromatic rings. The standard InChI is InChI=1S/C25H21FN2O3/c26-22-13-10-19(11-14-22)16-23(21-4-2-1-3-5-21)25(30)27-17-20-8-6-18(7-9-20)12-15-24(29)28-31/h1-16,31H,17H2,(H,27,30)(H,28,29). The van der Waals surface area contributed by atoms with Gasteiger partial charge in [0.15, 0.2) is 0 Å². The number of halogens is 1. The lowest BCUT2D eigenvalue weighted by atomic mass is 10.0. The Balaban J connectivity index is 1.73. The second-order valence-electron chi connectivity index (χ2n) is 6.71. The third kappa shape index (κ3) is 6.48. The molecule has 0 radical (unpaired) electrons. The van der Waals surface area contributed by atoms with Gasteiger partial charge in [0.05, 0.1) is 0 Å². The molecule has 0 saturated heterocycles. The van der Waals surface area contributed by atoms with Crippen LogP contribution in [0.2, 0.25) is 0 Å². The van der Waals surface area contributed by atoms with E-state index >= 15 is 0 Å². The Morgan fingerprint density at radius 3 is 2.16 bits per heavy atom. The van der Waals surface area contributed by atoms with Crippen LogP contribution in [0.1, 0.15) is 22.3 Å². The van der Waals surface area contributed by atoms with Crippen LogP contribution in [0.15, 0.2) is 84.9 Å². The van der Waals surface area contributed by atoms with Crippen LogP contribution in [0, 0.1) is 5.82 Å². The third-order valence-corrected chi connectivity index (χ3v) is 4.48. The van der Waals surface area contributed by atoms with Gasteiger partial charge in [-0.3, -0.25) is 14.8 Å². The average molecular weight is 416 g/mol. The second-order valence-corrected chi connectivity index (χ2v) is 6.71. The van der Waals surface area contributed by atoms with E-state index in [1.165, 1.54) is 23.7 Å². The molecule has 0 aliphatic heterocycles. The zero-order valence-electron chi connectivity index (χ0n) is 16.6. The van der Waals surface area contributed by atoms with E-state index in [0.717, 1.165) is 22.3 Å². The first-order chi connectivity index (χ1) is 15.0. The summed E-state index contributed by atoms with van der Waals surface area (Å²) < 4.78 is 13.2. The van der Waals surface area contributed by atoms with Gasteiger partial charge in [-0.1, -0.05) is 66.7 Å². The first kappa shape index (κ1) is 21.7. The minimum absolute atomic E-state index is 0.251. The summed E-state index contributed by atoms with van der Waals surface area (Å²) in [6.07, 6.45) is 4.50. The number of nitrogens with one attached hydrogen (secondary N) is 2. The van der Waals surface area contributed by atoms with Crippen LogP contribution in [0.25, 0.3) is 17.7 Å². The quantitative estimate of drug-likeness (QED) is 0.234. The zero-order valence-corrected chi connectivity index (χ0v) is 16.6. The van der Waals surface area contributed by atoms with Crippen LogP contribution in [0.3, 0.4) is 0 Å². The van der Waals surface area contributed by atoms with Crippen molar-refractivity contribution in [2.24, 2.45) is 0 Å². The number of hydrogen-bond acceptors (Lipinski definition) is 3. The average Bonchev–Trinajstić information content (AvgIpc) is 2.81. The normalized spacial score (nSPS) is 11.4. The van der Waals surface area contributed by atoms with E-state index < -0.39 is 5.91 Å². The maximum atomic E-state index is 13.2. The van der Waals surface area contributed by atoms with Crippen LogP contribution >= 0.6 is 0 Å². The largest absolute Gasteiger partial charge is 0.348 e. The van der Waals surface area contributed by atoms with Gasteiger partial charge >= 0.3 is 0 Å². The molecule has 0 bridgehead atoms. The third-order valence-electron chi connectivity index (χ3n) is 4.48. The maximum absolute atomic E-state index is 13.2. The van der Waals surface area contributed by atoms with Crippen LogP contribution in [-0.2, 0) is 16.1 Å². The van der Waals surface area contributed by atoms with Gasteiger partial charge in [0, 0.05) is 18.2 Å². The van der Waals surface area contributed by atoms with Crippen molar-refractivity contribution in [2.45, 2.75) is 6.54 Å². The van der Waals surface area contributed by atoms with Gasteiger partial charge in [0.2, 0.25) is 0 Å². The molecule has 0 fully saturated rings. The van der Waals surface area contributed by atoms with E-state index in [1.54, 1.807) is 36.4 Å². The highest BCUT2D eigenvalue weighted by atomic mass is 19.1. The Hall–Kier alpha value is -4.03. The minimum atomic E-state index is -0.613. The van der Waals surface area contributed by atoms with Crippen molar-refractivity contribution in [3.05, 3.63) is 113 Å². The molecule has 0 spiro atoms. The fourth-order valence-electron chi connectivity index (χ4n) is 2.86. The number of hydrogen-bond donors (Lipinski definition) is 3. The predicted octanol–water partition coefficient (Wildman–Crippen LogP) is 4.20. The molecular formula is C25H21FN2O3. The molecule has 3 N–H and O–H groups in total. The summed E-state index contributed by atoms with van der Waals surface area (Å²) in [6, 6.07) is 22.5. The monoisotopic (exact) mass is 416 g/mol. The molecule has 0 heterocycles. The molecular weight excluding hydrogens is 395 g/mol. The molecule has 156 valence electrons. The lowest BCUT2D eigenvalue weighted by Gasteiger charge is -2.10. The summed E-state index contributed by atoms with van der Waals surface area (Å²) in [5, 5.41) is 11.4. The van der Waals surface area contributed by atoms with E-state index in [2.05, 4.69) is 5.32 Å². The molecule has 0 aliphatic carbocycles. The van der Waals surface area contributed by atoms with Crippen molar-refractivity contribution in [2.75, 3.05) is 0 Å². The summed E-state index contributed by atoms with van der Waals surface area (Å²) in [6.45, 7) is 0.313. The number of carbonyl (C=O) groups excluding carboxylic acids is 2. The molecule has 0 saturated carbocycles. The molecule has 2 amide bonds. The molecule has 3 rings (SSSR count). The molecule has 0 aromatic heterocycles. The van der Waals surface area contributed by atoms with Crippen molar-refractivity contribution < 1.29 is 19.2 Å². The highest BCUT2D eigenvalue weighted by Crippen LogP contribution is 2.19. The first-order valence-corrected chi connectivity index (χ1v) is 9.57. The van der Waals surface area contributed by atoms with E-state index in [0.29, 0.717) is 12.1 Å². The SMILES string of the molecule is O=C(C=Cc1ccc(CNC(=O)C(=Cc2ccc(F)cc2)c2ccccc2)cc1)NO. The highest BCUT2D eigenvalue weighted by molar-refractivity contribution is 6.24. The Morgan fingerprint density at radius 1 is 0.871 bits per heavy atom. The smallest absolute Gasteiger partial charge is 0.267 e. The van der Waals surface area contributed by atoms with Crippen LogP contribution in [0.5, 0.6) is 0 Å². The minimum Gasteiger partial charge on any atom is -0.348 e. The van der Waals surface area contributed by atoms with Crippen molar-refractivity contribution in [3.8, 4) is 0 Å². The summed E-state index contributed by atoms with van der Waals surface area (Å²) in [4.78, 5) is 24.0. The maximum Gasteiger partial charge on any atom is 0.267 e. The van der Waals surface area contributed by atoms with Crippen molar-refractivity contribution in [3.63, 3.8) is 0 Å². The summed E-state index contributed by atoms with van der Waals surface area (Å²) in [7, 11) is 0. The topological polar surface area (TPSA) is 78.4 Å². The number of benzene rings is 3. The Bertz CT molecular complexity index is 1090. The van der Waals surface area contributed by atoms with Crippen molar-refractivity contribution in [1.82, 2.24) is 10.8 Å². The lowest BCUT2D eigenvalue weighted by molar-refractivity contribution is -0.124.